The molecule has 0 bridgehead atoms. The summed E-state index contributed by atoms with van der Waals surface area (Å²) in [4.78, 5) is 10.5. The van der Waals surface area contributed by atoms with Crippen LogP contribution in [-0.4, -0.2) is 45.6 Å². The van der Waals surface area contributed by atoms with E-state index in [1.54, 1.807) is 36.8 Å². The zero-order valence-electron chi connectivity index (χ0n) is 16.9. The van der Waals surface area contributed by atoms with Crippen molar-refractivity contribution in [1.82, 2.24) is 20.2 Å². The van der Waals surface area contributed by atoms with Gasteiger partial charge in [-0.15, -0.1) is 0 Å². The highest BCUT2D eigenvalue weighted by atomic mass is 31.2. The smallest absolute Gasteiger partial charge is 0.225 e. The fourth-order valence-corrected chi connectivity index (χ4v) is 6.77. The van der Waals surface area contributed by atoms with Crippen molar-refractivity contribution in [3.63, 3.8) is 0 Å². The number of hydrogen-bond acceptors (Lipinski definition) is 6. The van der Waals surface area contributed by atoms with Gasteiger partial charge in [-0.25, -0.2) is 14.4 Å². The second kappa shape index (κ2) is 8.16. The van der Waals surface area contributed by atoms with Crippen LogP contribution in [0.4, 0.5) is 10.3 Å². The van der Waals surface area contributed by atoms with Crippen LogP contribution in [0.3, 0.4) is 0 Å². The van der Waals surface area contributed by atoms with Crippen LogP contribution in [0.5, 0.6) is 0 Å². The molecule has 0 amide bonds. The summed E-state index contributed by atoms with van der Waals surface area (Å²) in [5, 5.41) is 10.8. The molecule has 5 rings (SSSR count). The monoisotopic (exact) mass is 433 g/mol. The summed E-state index contributed by atoms with van der Waals surface area (Å²) >= 11 is 0. The molecule has 0 atom stereocenters. The molecule has 0 aliphatic carbocycles. The van der Waals surface area contributed by atoms with Crippen molar-refractivity contribution in [3.8, 4) is 0 Å². The molecular weight excluding hydrogens is 412 g/mol. The number of fused-ring (bicyclic) bond motifs is 1. The van der Waals surface area contributed by atoms with Gasteiger partial charge < -0.3 is 9.46 Å². The maximum Gasteiger partial charge on any atom is 0.225 e. The van der Waals surface area contributed by atoms with Crippen LogP contribution < -0.4 is 10.2 Å². The van der Waals surface area contributed by atoms with Crippen LogP contribution in [-0.2, 0) is 11.0 Å². The zero-order valence-corrected chi connectivity index (χ0v) is 17.8. The Morgan fingerprint density at radius 3 is 2.58 bits per heavy atom. The first-order chi connectivity index (χ1) is 15.1. The lowest BCUT2D eigenvalue weighted by Crippen LogP contribution is -2.38. The molecule has 156 valence electrons. The number of hydrogen-bond donors (Lipinski definition) is 0. The molecule has 3 heterocycles. The largest absolute Gasteiger partial charge is 0.340 e. The van der Waals surface area contributed by atoms with Crippen LogP contribution in [0.1, 0.15) is 11.3 Å². The summed E-state index contributed by atoms with van der Waals surface area (Å²) in [7, 11) is -2.85. The molecule has 1 aliphatic heterocycles. The number of aromatic nitrogens is 4. The number of anilines is 1. The first kappa shape index (κ1) is 19.8. The maximum absolute atomic E-state index is 14.8. The molecule has 0 saturated carbocycles. The maximum atomic E-state index is 14.8. The highest BCUT2D eigenvalue weighted by Gasteiger charge is 2.33. The molecule has 2 aromatic heterocycles. The van der Waals surface area contributed by atoms with E-state index < -0.39 is 13.0 Å². The lowest BCUT2D eigenvalue weighted by atomic mass is 10.0. The molecule has 2 aromatic carbocycles. The van der Waals surface area contributed by atoms with Gasteiger partial charge in [-0.2, -0.15) is 10.2 Å². The molecule has 0 radical (unpaired) electrons. The first-order valence-electron chi connectivity index (χ1n) is 10.2. The van der Waals surface area contributed by atoms with Crippen LogP contribution >= 0.6 is 7.14 Å². The quantitative estimate of drug-likeness (QED) is 0.458. The van der Waals surface area contributed by atoms with Gasteiger partial charge >= 0.3 is 0 Å². The van der Waals surface area contributed by atoms with Crippen molar-refractivity contribution in [3.05, 3.63) is 84.2 Å². The van der Waals surface area contributed by atoms with Gasteiger partial charge in [-0.05, 0) is 23.8 Å². The molecule has 1 saturated heterocycles. The Balaban J connectivity index is 1.40. The summed E-state index contributed by atoms with van der Waals surface area (Å²) in [6.45, 7) is 1.08. The van der Waals surface area contributed by atoms with Gasteiger partial charge in [0.05, 0.1) is 11.9 Å². The number of nitrogens with zero attached hydrogens (tertiary/aromatic N) is 5. The van der Waals surface area contributed by atoms with E-state index in [0.29, 0.717) is 43.1 Å². The zero-order chi connectivity index (χ0) is 21.3. The highest BCUT2D eigenvalue weighted by molar-refractivity contribution is 7.71. The summed E-state index contributed by atoms with van der Waals surface area (Å²) in [6, 6.07) is 14.6. The normalized spacial score (nSPS) is 15.8. The molecule has 0 unspecified atom stereocenters. The van der Waals surface area contributed by atoms with E-state index in [2.05, 4.69) is 20.2 Å². The van der Waals surface area contributed by atoms with Crippen molar-refractivity contribution in [1.29, 1.82) is 0 Å². The fraction of sp³-hybridized carbons (Fsp3) is 0.217. The van der Waals surface area contributed by atoms with Crippen molar-refractivity contribution in [2.45, 2.75) is 6.42 Å². The Labute approximate surface area is 179 Å². The predicted molar refractivity (Wildman–Crippen MR) is 120 cm³/mol. The molecule has 31 heavy (non-hydrogen) atoms. The van der Waals surface area contributed by atoms with Gasteiger partial charge in [0.15, 0.2) is 0 Å². The Bertz CT molecular complexity index is 1270. The van der Waals surface area contributed by atoms with E-state index in [4.69, 9.17) is 0 Å². The molecule has 0 N–H and O–H groups in total. The molecular formula is C23H21FN5OP. The first-order valence-corrected chi connectivity index (χ1v) is 12.3. The van der Waals surface area contributed by atoms with Crippen LogP contribution in [0.15, 0.2) is 67.1 Å². The number of benzene rings is 2. The SMILES string of the molecule is O=P1(c2cc(Cc3nncc4ccccc34)ccc2F)CCN(c2ncccn2)CC1. The average molecular weight is 433 g/mol. The number of rotatable bonds is 4. The topological polar surface area (TPSA) is 71.9 Å². The Kier molecular flexibility index (Phi) is 5.20. The van der Waals surface area contributed by atoms with Crippen molar-refractivity contribution in [2.24, 2.45) is 0 Å². The summed E-state index contributed by atoms with van der Waals surface area (Å²) in [5.74, 6) is 0.220. The van der Waals surface area contributed by atoms with Crippen LogP contribution in [0.25, 0.3) is 10.8 Å². The van der Waals surface area contributed by atoms with E-state index in [9.17, 15) is 8.96 Å². The lowest BCUT2D eigenvalue weighted by Gasteiger charge is -2.32. The Morgan fingerprint density at radius 1 is 1.00 bits per heavy atom. The van der Waals surface area contributed by atoms with E-state index >= 15 is 0 Å². The summed E-state index contributed by atoms with van der Waals surface area (Å²) in [6.07, 6.45) is 6.42. The lowest BCUT2D eigenvalue weighted by molar-refractivity contribution is 0.570. The van der Waals surface area contributed by atoms with Gasteiger partial charge in [0.25, 0.3) is 0 Å². The third kappa shape index (κ3) is 3.93. The van der Waals surface area contributed by atoms with Crippen LogP contribution in [0, 0.1) is 5.82 Å². The van der Waals surface area contributed by atoms with Crippen molar-refractivity contribution < 1.29 is 8.96 Å². The third-order valence-electron chi connectivity index (χ3n) is 5.77. The van der Waals surface area contributed by atoms with E-state index in [1.807, 2.05) is 29.2 Å². The Hall–Kier alpha value is -3.18. The molecule has 0 spiro atoms. The molecule has 1 fully saturated rings. The summed E-state index contributed by atoms with van der Waals surface area (Å²) < 4.78 is 28.5. The summed E-state index contributed by atoms with van der Waals surface area (Å²) in [5.41, 5.74) is 1.70. The van der Waals surface area contributed by atoms with Gasteiger partial charge in [0.1, 0.15) is 13.0 Å². The van der Waals surface area contributed by atoms with Gasteiger partial charge in [0.2, 0.25) is 5.95 Å². The predicted octanol–water partition coefficient (Wildman–Crippen LogP) is 3.66. The molecule has 1 aliphatic rings. The third-order valence-corrected chi connectivity index (χ3v) is 8.83. The second-order valence-electron chi connectivity index (χ2n) is 7.71. The van der Waals surface area contributed by atoms with E-state index in [1.165, 1.54) is 6.07 Å². The Morgan fingerprint density at radius 2 is 1.77 bits per heavy atom. The standard InChI is InChI=1S/C23H21FN5OP/c24-20-7-6-17(14-21-19-5-2-1-4-18(19)16-27-28-21)15-22(20)31(30)12-10-29(11-13-31)23-25-8-3-9-26-23/h1-9,15-16H,10-14H2. The molecule has 6 nitrogen and oxygen atoms in total. The minimum absolute atomic E-state index is 0.340. The minimum atomic E-state index is -2.85. The second-order valence-corrected chi connectivity index (χ2v) is 10.9. The van der Waals surface area contributed by atoms with E-state index in [0.717, 1.165) is 22.0 Å². The fourth-order valence-electron chi connectivity index (χ4n) is 4.07. The van der Waals surface area contributed by atoms with Gasteiger partial charge in [-0.3, -0.25) is 0 Å². The molecule has 4 aromatic rings. The van der Waals surface area contributed by atoms with Crippen molar-refractivity contribution >= 4 is 29.2 Å². The van der Waals surface area contributed by atoms with Gasteiger partial charge in [-0.1, -0.05) is 30.3 Å². The molecule has 8 heteroatoms. The van der Waals surface area contributed by atoms with Crippen molar-refractivity contribution in [2.75, 3.05) is 30.3 Å². The van der Waals surface area contributed by atoms with Gasteiger partial charge in [0, 0.05) is 60.3 Å². The van der Waals surface area contributed by atoms with E-state index in [-0.39, 0.29) is 0 Å². The average Bonchev–Trinajstić information content (AvgIpc) is 2.81. The van der Waals surface area contributed by atoms with Crippen LogP contribution in [0.2, 0.25) is 0 Å². The highest BCUT2D eigenvalue weighted by Crippen LogP contribution is 2.47. The minimum Gasteiger partial charge on any atom is -0.340 e. The number of halogens is 1.